The minimum atomic E-state index is 0.283. The van der Waals surface area contributed by atoms with E-state index in [1.165, 1.54) is 12.8 Å². The fourth-order valence-corrected chi connectivity index (χ4v) is 2.93. The van der Waals surface area contributed by atoms with E-state index in [9.17, 15) is 4.79 Å². The van der Waals surface area contributed by atoms with Gasteiger partial charge < -0.3 is 15.0 Å². The molecule has 21 heavy (non-hydrogen) atoms. The van der Waals surface area contributed by atoms with Gasteiger partial charge in [0.15, 0.2) is 0 Å². The molecule has 1 aliphatic heterocycles. The Hall–Kier alpha value is -0.650. The number of carbonyl (C=O) groups is 1. The average molecular weight is 299 g/mol. The first-order valence-electron chi connectivity index (χ1n) is 8.43. The van der Waals surface area contributed by atoms with Gasteiger partial charge in [0, 0.05) is 45.8 Å². The van der Waals surface area contributed by atoms with Gasteiger partial charge in [0.25, 0.3) is 0 Å². The van der Waals surface area contributed by atoms with E-state index >= 15 is 0 Å². The van der Waals surface area contributed by atoms with Crippen LogP contribution in [0.1, 0.15) is 39.5 Å². The summed E-state index contributed by atoms with van der Waals surface area (Å²) in [6.45, 7) is 10.6. The zero-order valence-electron chi connectivity index (χ0n) is 14.1. The fourth-order valence-electron chi connectivity index (χ4n) is 2.93. The monoisotopic (exact) mass is 299 g/mol. The first kappa shape index (κ1) is 18.4. The van der Waals surface area contributed by atoms with Crippen LogP contribution in [0.15, 0.2) is 0 Å². The highest BCUT2D eigenvalue weighted by molar-refractivity contribution is 5.76. The van der Waals surface area contributed by atoms with Crippen molar-refractivity contribution in [3.05, 3.63) is 0 Å². The SMILES string of the molecule is CCN(CC)C(=O)CCCN(CCOC)CC1CCCN1. The van der Waals surface area contributed by atoms with Crippen LogP contribution in [0.4, 0.5) is 0 Å². The van der Waals surface area contributed by atoms with Crippen molar-refractivity contribution in [2.24, 2.45) is 0 Å². The molecule has 0 spiro atoms. The standard InChI is InChI=1S/C16H33N3O2/c1-4-19(5-2)16(20)9-7-11-18(12-13-21-3)14-15-8-6-10-17-15/h15,17H,4-14H2,1-3H3. The minimum Gasteiger partial charge on any atom is -0.383 e. The van der Waals surface area contributed by atoms with E-state index in [2.05, 4.69) is 10.2 Å². The average Bonchev–Trinajstić information content (AvgIpc) is 2.98. The van der Waals surface area contributed by atoms with E-state index < -0.39 is 0 Å². The third-order valence-electron chi connectivity index (χ3n) is 4.23. The Morgan fingerprint density at radius 3 is 2.62 bits per heavy atom. The molecule has 1 rings (SSSR count). The van der Waals surface area contributed by atoms with Crippen molar-refractivity contribution in [1.82, 2.24) is 15.1 Å². The molecule has 0 aromatic rings. The first-order chi connectivity index (χ1) is 10.2. The predicted octanol–water partition coefficient (Wildman–Crippen LogP) is 1.34. The lowest BCUT2D eigenvalue weighted by molar-refractivity contribution is -0.131. The molecule has 0 bridgehead atoms. The zero-order valence-corrected chi connectivity index (χ0v) is 14.1. The lowest BCUT2D eigenvalue weighted by atomic mass is 10.2. The Bertz CT molecular complexity index is 277. The van der Waals surface area contributed by atoms with Crippen LogP contribution in [0, 0.1) is 0 Å². The highest BCUT2D eigenvalue weighted by Crippen LogP contribution is 2.08. The number of nitrogens with zero attached hydrogens (tertiary/aromatic N) is 2. The first-order valence-corrected chi connectivity index (χ1v) is 8.43. The molecule has 1 saturated heterocycles. The van der Waals surface area contributed by atoms with E-state index in [4.69, 9.17) is 4.74 Å². The number of nitrogens with one attached hydrogen (secondary N) is 1. The van der Waals surface area contributed by atoms with E-state index in [1.54, 1.807) is 7.11 Å². The molecular formula is C16H33N3O2. The van der Waals surface area contributed by atoms with Crippen molar-refractivity contribution in [3.63, 3.8) is 0 Å². The number of hydrogen-bond acceptors (Lipinski definition) is 4. The second kappa shape index (κ2) is 11.0. The molecule has 5 heteroatoms. The molecule has 1 unspecified atom stereocenters. The van der Waals surface area contributed by atoms with Crippen LogP contribution in [0.5, 0.6) is 0 Å². The number of carbonyl (C=O) groups excluding carboxylic acids is 1. The van der Waals surface area contributed by atoms with Crippen molar-refractivity contribution in [2.75, 3.05) is 53.0 Å². The van der Waals surface area contributed by atoms with Gasteiger partial charge in [0.1, 0.15) is 0 Å². The summed E-state index contributed by atoms with van der Waals surface area (Å²) in [6, 6.07) is 0.611. The Labute approximate surface area is 130 Å². The molecule has 1 N–H and O–H groups in total. The summed E-state index contributed by atoms with van der Waals surface area (Å²) in [6.07, 6.45) is 4.14. The number of amides is 1. The zero-order chi connectivity index (χ0) is 15.5. The smallest absolute Gasteiger partial charge is 0.222 e. The summed E-state index contributed by atoms with van der Waals surface area (Å²) in [5, 5.41) is 3.54. The van der Waals surface area contributed by atoms with Crippen LogP contribution in [0.2, 0.25) is 0 Å². The lowest BCUT2D eigenvalue weighted by Gasteiger charge is -2.26. The summed E-state index contributed by atoms with van der Waals surface area (Å²) < 4.78 is 5.20. The fraction of sp³-hybridized carbons (Fsp3) is 0.938. The second-order valence-corrected chi connectivity index (χ2v) is 5.76. The molecule has 5 nitrogen and oxygen atoms in total. The molecule has 1 aliphatic rings. The molecule has 1 fully saturated rings. The maximum Gasteiger partial charge on any atom is 0.222 e. The van der Waals surface area contributed by atoms with Crippen molar-refractivity contribution >= 4 is 5.91 Å². The number of rotatable bonds is 11. The van der Waals surface area contributed by atoms with Crippen molar-refractivity contribution < 1.29 is 9.53 Å². The van der Waals surface area contributed by atoms with Crippen LogP contribution < -0.4 is 5.32 Å². The van der Waals surface area contributed by atoms with Gasteiger partial charge >= 0.3 is 0 Å². The summed E-state index contributed by atoms with van der Waals surface area (Å²) in [5.41, 5.74) is 0. The second-order valence-electron chi connectivity index (χ2n) is 5.76. The summed E-state index contributed by atoms with van der Waals surface area (Å²) in [5.74, 6) is 0.283. The van der Waals surface area contributed by atoms with E-state index in [-0.39, 0.29) is 5.91 Å². The Balaban J connectivity index is 2.29. The molecule has 0 aromatic carbocycles. The van der Waals surface area contributed by atoms with Crippen molar-refractivity contribution in [2.45, 2.75) is 45.6 Å². The molecule has 0 aliphatic carbocycles. The van der Waals surface area contributed by atoms with Crippen molar-refractivity contribution in [3.8, 4) is 0 Å². The van der Waals surface area contributed by atoms with Gasteiger partial charge in [-0.3, -0.25) is 9.69 Å². The van der Waals surface area contributed by atoms with Gasteiger partial charge in [-0.05, 0) is 46.2 Å². The van der Waals surface area contributed by atoms with Crippen LogP contribution in [0.25, 0.3) is 0 Å². The molecule has 124 valence electrons. The van der Waals surface area contributed by atoms with Gasteiger partial charge in [-0.2, -0.15) is 0 Å². The van der Waals surface area contributed by atoms with Crippen molar-refractivity contribution in [1.29, 1.82) is 0 Å². The molecule has 0 aromatic heterocycles. The van der Waals surface area contributed by atoms with Gasteiger partial charge in [-0.25, -0.2) is 0 Å². The molecule has 1 atom stereocenters. The van der Waals surface area contributed by atoms with Crippen LogP contribution >= 0.6 is 0 Å². The third-order valence-corrected chi connectivity index (χ3v) is 4.23. The van der Waals surface area contributed by atoms with Crippen LogP contribution in [0.3, 0.4) is 0 Å². The van der Waals surface area contributed by atoms with Gasteiger partial charge in [-0.1, -0.05) is 0 Å². The van der Waals surface area contributed by atoms with Gasteiger partial charge in [-0.15, -0.1) is 0 Å². The van der Waals surface area contributed by atoms with E-state index in [0.717, 1.165) is 52.3 Å². The van der Waals surface area contributed by atoms with Crippen LogP contribution in [-0.4, -0.2) is 74.7 Å². The Morgan fingerprint density at radius 1 is 1.29 bits per heavy atom. The molecular weight excluding hydrogens is 266 g/mol. The van der Waals surface area contributed by atoms with Crippen LogP contribution in [-0.2, 0) is 9.53 Å². The normalized spacial score (nSPS) is 18.4. The molecule has 1 heterocycles. The highest BCUT2D eigenvalue weighted by Gasteiger charge is 2.18. The summed E-state index contributed by atoms with van der Waals surface area (Å²) in [7, 11) is 1.75. The topological polar surface area (TPSA) is 44.8 Å². The summed E-state index contributed by atoms with van der Waals surface area (Å²) >= 11 is 0. The largest absolute Gasteiger partial charge is 0.383 e. The van der Waals surface area contributed by atoms with Gasteiger partial charge in [0.05, 0.1) is 6.61 Å². The third kappa shape index (κ3) is 7.25. The number of ether oxygens (including phenoxy) is 1. The quantitative estimate of drug-likeness (QED) is 0.625. The molecule has 1 amide bonds. The molecule has 0 saturated carbocycles. The Morgan fingerprint density at radius 2 is 2.05 bits per heavy atom. The number of hydrogen-bond donors (Lipinski definition) is 1. The molecule has 0 radical (unpaired) electrons. The maximum absolute atomic E-state index is 12.0. The minimum absolute atomic E-state index is 0.283. The summed E-state index contributed by atoms with van der Waals surface area (Å²) in [4.78, 5) is 16.4. The number of methoxy groups -OCH3 is 1. The lowest BCUT2D eigenvalue weighted by Crippen LogP contribution is -2.40. The predicted molar refractivity (Wildman–Crippen MR) is 86.5 cm³/mol. The van der Waals surface area contributed by atoms with Gasteiger partial charge in [0.2, 0.25) is 5.91 Å². The Kier molecular flexibility index (Phi) is 9.63. The van der Waals surface area contributed by atoms with E-state index in [1.807, 2.05) is 18.7 Å². The highest BCUT2D eigenvalue weighted by atomic mass is 16.5. The van der Waals surface area contributed by atoms with E-state index in [0.29, 0.717) is 12.5 Å². The maximum atomic E-state index is 12.0.